The zero-order valence-corrected chi connectivity index (χ0v) is 29.8. The van der Waals surface area contributed by atoms with Gasteiger partial charge in [0, 0.05) is 2.85 Å². The summed E-state index contributed by atoms with van der Waals surface area (Å²) in [5, 5.41) is 0. The number of rotatable bonds is 6. The minimum absolute atomic E-state index is 0. The second kappa shape index (κ2) is 19.0. The Morgan fingerprint density at radius 2 is 0.359 bits per heavy atom. The van der Waals surface area contributed by atoms with E-state index < -0.39 is 0 Å². The van der Waals surface area contributed by atoms with Crippen LogP contribution in [0.15, 0.2) is 0 Å². The van der Waals surface area contributed by atoms with Gasteiger partial charge in [0.1, 0.15) is 0 Å². The normalized spacial score (nSPS) is 28.2. The Morgan fingerprint density at radius 1 is 0.231 bits per heavy atom. The molecule has 3 heteroatoms. The van der Waals surface area contributed by atoms with Crippen LogP contribution in [-0.4, -0.2) is 34.0 Å². The van der Waals surface area contributed by atoms with E-state index in [0.717, 1.165) is 0 Å². The molecule has 0 spiro atoms. The Kier molecular flexibility index (Phi) is 16.3. The topological polar surface area (TPSA) is 0 Å². The summed E-state index contributed by atoms with van der Waals surface area (Å²) in [5.41, 5.74) is 7.14. The van der Waals surface area contributed by atoms with Gasteiger partial charge in [-0.25, -0.2) is 0 Å². The van der Waals surface area contributed by atoms with Crippen LogP contribution in [0.3, 0.4) is 0 Å². The molecule has 0 aromatic rings. The summed E-state index contributed by atoms with van der Waals surface area (Å²) < 4.78 is 0. The van der Waals surface area contributed by atoms with Gasteiger partial charge in [0.05, 0.1) is 0 Å². The minimum atomic E-state index is 0. The van der Waals surface area contributed by atoms with E-state index >= 15 is 0 Å². The molecule has 0 N–H and O–H groups in total. The second-order valence-corrected chi connectivity index (χ2v) is 20.8. The van der Waals surface area contributed by atoms with E-state index in [2.05, 4.69) is 0 Å². The van der Waals surface area contributed by atoms with Crippen molar-refractivity contribution in [3.05, 3.63) is 0 Å². The summed E-state index contributed by atoms with van der Waals surface area (Å²) >= 11 is 0. The van der Waals surface area contributed by atoms with Crippen molar-refractivity contribution < 1.29 is 22.3 Å². The number of hydrogen-bond donors (Lipinski definition) is 0. The van der Waals surface area contributed by atoms with Crippen molar-refractivity contribution in [1.29, 1.82) is 0 Å². The predicted molar refractivity (Wildman–Crippen MR) is 182 cm³/mol. The quantitative estimate of drug-likeness (QED) is 0.195. The van der Waals surface area contributed by atoms with Crippen molar-refractivity contribution in [2.75, 3.05) is 0 Å². The number of hydrogen-bond acceptors (Lipinski definition) is 0. The molecule has 0 nitrogen and oxygen atoms in total. The molecule has 0 radical (unpaired) electrons. The molecule has 6 aliphatic rings. The first-order valence-electron chi connectivity index (χ1n) is 18.4. The Bertz CT molecular complexity index is 475. The summed E-state index contributed by atoms with van der Waals surface area (Å²) in [6, 6.07) is 0. The van der Waals surface area contributed by atoms with Crippen molar-refractivity contribution in [2.24, 2.45) is 0 Å². The van der Waals surface area contributed by atoms with Crippen LogP contribution in [0.2, 0.25) is 0 Å². The van der Waals surface area contributed by atoms with Gasteiger partial charge in [-0.3, -0.25) is 0 Å². The summed E-state index contributed by atoms with van der Waals surface area (Å²) in [5.74, 6) is 0. The molecule has 6 fully saturated rings. The van der Waals surface area contributed by atoms with Crippen LogP contribution in [0.4, 0.5) is 0 Å². The maximum absolute atomic E-state index is 1.61. The van der Waals surface area contributed by atoms with Crippen LogP contribution in [0, 0.1) is 0 Å². The summed E-state index contributed by atoms with van der Waals surface area (Å²) in [4.78, 5) is 0. The first kappa shape index (κ1) is 33.4. The molecule has 0 amide bonds. The molecule has 0 bridgehead atoms. The third-order valence-corrected chi connectivity index (χ3v) is 20.1. The monoisotopic (exact) mass is 668 g/mol. The molecule has 6 rings (SSSR count). The van der Waals surface area contributed by atoms with Gasteiger partial charge < -0.3 is 0 Å². The van der Waals surface area contributed by atoms with Crippen LogP contribution in [-0.2, 0) is 19.5 Å². The third kappa shape index (κ3) is 10.3. The summed E-state index contributed by atoms with van der Waals surface area (Å²) in [6.07, 6.45) is 47.2. The zero-order chi connectivity index (χ0) is 25.8. The van der Waals surface area contributed by atoms with Gasteiger partial charge in [-0.2, -0.15) is 0 Å². The Hall–Kier alpha value is 1.48. The molecule has 39 heavy (non-hydrogen) atoms. The van der Waals surface area contributed by atoms with Crippen molar-refractivity contribution in [2.45, 2.75) is 227 Å². The fraction of sp³-hybridized carbons (Fsp3) is 1.00. The van der Waals surface area contributed by atoms with Crippen LogP contribution >= 0.6 is 15.8 Å². The van der Waals surface area contributed by atoms with E-state index in [9.17, 15) is 0 Å². The molecular weight excluding hydrogens is 595 g/mol. The van der Waals surface area contributed by atoms with Crippen LogP contribution in [0.1, 0.15) is 195 Å². The van der Waals surface area contributed by atoms with Crippen LogP contribution in [0.5, 0.6) is 0 Å². The molecule has 6 saturated carbocycles. The molecule has 0 unspecified atom stereocenters. The average molecular weight is 668 g/mol. The maximum atomic E-state index is 1.61. The first-order chi connectivity index (χ1) is 18.9. The SMILES string of the molecule is C1CCC(P(C2CCCCC2)C2CCCCC2)CC1.C1CCC(P(C2CCCCC2)C2CCCCC2)CC1.[HH].[HH].[RuH2]. The van der Waals surface area contributed by atoms with Gasteiger partial charge in [-0.1, -0.05) is 131 Å². The molecular formula is C36H72P2Ru. The van der Waals surface area contributed by atoms with E-state index in [4.69, 9.17) is 0 Å². The predicted octanol–water partition coefficient (Wildman–Crippen LogP) is 12.9. The summed E-state index contributed by atoms with van der Waals surface area (Å²) in [6.45, 7) is 0. The molecule has 6 aliphatic carbocycles. The van der Waals surface area contributed by atoms with Gasteiger partial charge in [-0.05, 0) is 111 Å². The standard InChI is InChI=1S/2C18H33P.Ru.2H2.2H/c2*1-4-10-16(11-5-1)19(17-12-6-2-7-13-17)18-14-8-3-9-15-18;;;;;/h2*16-18H,1-15H2;;2*1H;;. The fourth-order valence-electron chi connectivity index (χ4n) is 10.1. The van der Waals surface area contributed by atoms with Crippen molar-refractivity contribution >= 4 is 15.8 Å². The van der Waals surface area contributed by atoms with Crippen molar-refractivity contribution in [3.63, 3.8) is 0 Å². The third-order valence-electron chi connectivity index (χ3n) is 12.0. The zero-order valence-electron chi connectivity index (χ0n) is 26.0. The Labute approximate surface area is 263 Å². The fourth-order valence-corrected chi connectivity index (χ4v) is 19.4. The molecule has 0 atom stereocenters. The van der Waals surface area contributed by atoms with Gasteiger partial charge in [0.2, 0.25) is 0 Å². The molecule has 234 valence electrons. The van der Waals surface area contributed by atoms with E-state index in [-0.39, 0.29) is 22.3 Å². The average Bonchev–Trinajstić information content (AvgIpc) is 3.01. The molecule has 0 aliphatic heterocycles. The van der Waals surface area contributed by atoms with Crippen molar-refractivity contribution in [1.82, 2.24) is 0 Å². The Balaban J connectivity index is 0.000000267. The molecule has 0 aromatic heterocycles. The second-order valence-electron chi connectivity index (χ2n) is 14.6. The van der Waals surface area contributed by atoms with Crippen molar-refractivity contribution in [3.8, 4) is 0 Å². The van der Waals surface area contributed by atoms with E-state index in [1.165, 1.54) is 72.5 Å². The van der Waals surface area contributed by atoms with Gasteiger partial charge in [0.25, 0.3) is 0 Å². The Morgan fingerprint density at radius 3 is 0.487 bits per heavy atom. The van der Waals surface area contributed by atoms with E-state index in [0.29, 0.717) is 15.8 Å². The van der Waals surface area contributed by atoms with Crippen LogP contribution in [0.25, 0.3) is 0 Å². The molecule has 0 saturated heterocycles. The summed E-state index contributed by atoms with van der Waals surface area (Å²) in [7, 11) is 0.770. The van der Waals surface area contributed by atoms with Gasteiger partial charge in [0.15, 0.2) is 0 Å². The van der Waals surface area contributed by atoms with Crippen LogP contribution < -0.4 is 0 Å². The van der Waals surface area contributed by atoms with E-state index in [1.807, 2.05) is 0 Å². The first-order valence-corrected chi connectivity index (χ1v) is 21.5. The van der Waals surface area contributed by atoms with Gasteiger partial charge in [-0.15, -0.1) is 0 Å². The van der Waals surface area contributed by atoms with E-state index in [1.54, 1.807) is 154 Å². The molecule has 0 heterocycles. The van der Waals surface area contributed by atoms with Gasteiger partial charge >= 0.3 is 19.5 Å². The molecule has 0 aromatic carbocycles.